The summed E-state index contributed by atoms with van der Waals surface area (Å²) in [6.07, 6.45) is 1.41. The van der Waals surface area contributed by atoms with E-state index >= 15 is 0 Å². The molecule has 17 nitrogen and oxygen atoms in total. The molecule has 0 fully saturated rings. The quantitative estimate of drug-likeness (QED) is 0.133. The lowest BCUT2D eigenvalue weighted by atomic mass is 10.1. The van der Waals surface area contributed by atoms with Crippen LogP contribution in [0.25, 0.3) is 0 Å². The second kappa shape index (κ2) is 28.7. The molecule has 270 valence electrons. The summed E-state index contributed by atoms with van der Waals surface area (Å²) in [5.74, 6) is -4.39. The Morgan fingerprint density at radius 3 is 1.38 bits per heavy atom. The molecular formula is C26H49N2O15S2-5. The number of Topliss-reactive ketones (excluding diaryl/α,β-unsaturated/α-hetero) is 1. The second-order valence-electron chi connectivity index (χ2n) is 9.56. The highest BCUT2D eigenvalue weighted by Crippen LogP contribution is 2.01. The molecule has 0 rings (SSSR count). The van der Waals surface area contributed by atoms with Gasteiger partial charge in [-0.1, -0.05) is 34.6 Å². The molecule has 5 atom stereocenters. The van der Waals surface area contributed by atoms with E-state index in [-0.39, 0.29) is 30.4 Å². The van der Waals surface area contributed by atoms with E-state index in [4.69, 9.17) is 0 Å². The minimum Gasteiger partial charge on any atom is -0.748 e. The molecule has 0 heterocycles. The van der Waals surface area contributed by atoms with Gasteiger partial charge >= 0.3 is 0 Å². The number of ketones is 1. The van der Waals surface area contributed by atoms with Crippen molar-refractivity contribution >= 4 is 50.1 Å². The van der Waals surface area contributed by atoms with Gasteiger partial charge in [-0.3, -0.25) is 8.98 Å². The van der Waals surface area contributed by atoms with Gasteiger partial charge in [0.05, 0.1) is 22.2 Å². The van der Waals surface area contributed by atoms with Crippen molar-refractivity contribution in [2.45, 2.75) is 111 Å². The van der Waals surface area contributed by atoms with Crippen LogP contribution >= 0.6 is 0 Å². The van der Waals surface area contributed by atoms with Crippen LogP contribution in [0, 0.1) is 11.8 Å². The lowest BCUT2D eigenvalue weighted by Crippen LogP contribution is -2.43. The first kappa shape index (κ1) is 51.8. The summed E-state index contributed by atoms with van der Waals surface area (Å²) in [6.45, 7) is 12.8. The van der Waals surface area contributed by atoms with Crippen LogP contribution in [-0.4, -0.2) is 87.0 Å². The fourth-order valence-corrected chi connectivity index (χ4v) is 2.90. The molecule has 0 aliphatic carbocycles. The average molecular weight is 694 g/mol. The standard InChI is InChI=1S/C7H13NO3.C6H11NO3.C5H10O2.C4H10O4S.C4H10O3S/c1-5(9)3-4-6(8-2)7(10)11;1-4(3-5(8)9)6(10)7-2;1-3-4(2)5(6)7;1-3-4(2)8-9(5,6)7;1-3-4(2)8(5,6)7/h6,8H,3-4H2,1-2H3,(H,10,11);4H,3H2,1-2H3,(H,7,10)(H,8,9);4H,3H2,1-2H3,(H,6,7);4H,3H2,1-2H3,(H,5,6,7);4H,3H2,1-2H3,(H,5,6,7)/p-5. The summed E-state index contributed by atoms with van der Waals surface area (Å²) in [6, 6.07) is -0.709. The number of amides is 1. The smallest absolute Gasteiger partial charge is 0.222 e. The Morgan fingerprint density at radius 1 is 0.756 bits per heavy atom. The number of carboxylic acids is 3. The van der Waals surface area contributed by atoms with E-state index in [1.165, 1.54) is 41.8 Å². The summed E-state index contributed by atoms with van der Waals surface area (Å²) in [4.78, 5) is 51.1. The first-order chi connectivity index (χ1) is 20.3. The van der Waals surface area contributed by atoms with Crippen LogP contribution in [0.5, 0.6) is 0 Å². The molecule has 0 aliphatic heterocycles. The first-order valence-electron chi connectivity index (χ1n) is 13.9. The Labute approximate surface area is 267 Å². The van der Waals surface area contributed by atoms with Gasteiger partial charge in [-0.05, 0) is 65.8 Å². The van der Waals surface area contributed by atoms with Crippen molar-refractivity contribution in [2.24, 2.45) is 11.8 Å². The van der Waals surface area contributed by atoms with Crippen LogP contribution in [0.2, 0.25) is 0 Å². The van der Waals surface area contributed by atoms with E-state index in [2.05, 4.69) is 14.8 Å². The largest absolute Gasteiger partial charge is 0.748 e. The van der Waals surface area contributed by atoms with Crippen molar-refractivity contribution in [2.75, 3.05) is 14.1 Å². The topological polar surface area (TPSA) is 302 Å². The van der Waals surface area contributed by atoms with Gasteiger partial charge in [0.1, 0.15) is 5.78 Å². The van der Waals surface area contributed by atoms with Crippen LogP contribution in [0.15, 0.2) is 0 Å². The predicted octanol–water partition coefficient (Wildman–Crippen LogP) is -2.42. The molecule has 45 heavy (non-hydrogen) atoms. The molecule has 0 spiro atoms. The third-order valence-electron chi connectivity index (χ3n) is 5.52. The Morgan fingerprint density at radius 2 is 1.22 bits per heavy atom. The Hall–Kier alpha value is -2.71. The lowest BCUT2D eigenvalue weighted by Gasteiger charge is -2.15. The van der Waals surface area contributed by atoms with Crippen molar-refractivity contribution in [3.63, 3.8) is 0 Å². The number of aliphatic carboxylic acids is 3. The third kappa shape index (κ3) is 41.3. The molecule has 0 saturated heterocycles. The van der Waals surface area contributed by atoms with Gasteiger partial charge in [0.15, 0.2) is 0 Å². The number of hydrogen-bond acceptors (Lipinski definition) is 16. The van der Waals surface area contributed by atoms with Gasteiger partial charge in [-0.15, -0.1) is 0 Å². The number of likely N-dealkylation sites (N-methyl/N-ethyl adjacent to an activating group) is 1. The van der Waals surface area contributed by atoms with Crippen LogP contribution in [0.3, 0.4) is 0 Å². The minimum absolute atomic E-state index is 0.00787. The fourth-order valence-electron chi connectivity index (χ4n) is 1.96. The van der Waals surface area contributed by atoms with Gasteiger partial charge in [0.2, 0.25) is 16.3 Å². The van der Waals surface area contributed by atoms with Crippen molar-refractivity contribution in [3.8, 4) is 0 Å². The molecule has 2 N–H and O–H groups in total. The maximum atomic E-state index is 10.6. The second-order valence-corrected chi connectivity index (χ2v) is 12.4. The molecule has 19 heteroatoms. The lowest BCUT2D eigenvalue weighted by molar-refractivity contribution is -0.311. The molecule has 0 aromatic heterocycles. The average Bonchev–Trinajstić information content (AvgIpc) is 2.91. The number of carboxylic acid groups (broad SMARTS) is 3. The molecule has 0 aromatic carbocycles. The molecule has 0 saturated carbocycles. The van der Waals surface area contributed by atoms with E-state index in [1.807, 2.05) is 6.92 Å². The van der Waals surface area contributed by atoms with Gasteiger partial charge < -0.3 is 54.2 Å². The fraction of sp³-hybridized carbons (Fsp3) is 0.808. The highest BCUT2D eigenvalue weighted by molar-refractivity contribution is 7.86. The van der Waals surface area contributed by atoms with Crippen LogP contribution < -0.4 is 26.0 Å². The van der Waals surface area contributed by atoms with Crippen molar-refractivity contribution < 1.29 is 69.4 Å². The van der Waals surface area contributed by atoms with E-state index in [1.54, 1.807) is 20.8 Å². The van der Waals surface area contributed by atoms with E-state index < -0.39 is 61.7 Å². The summed E-state index contributed by atoms with van der Waals surface area (Å²) >= 11 is 0. The minimum atomic E-state index is -4.49. The third-order valence-corrected chi connectivity index (χ3v) is 7.41. The Bertz CT molecular complexity index is 1060. The molecule has 1 amide bonds. The number of carbonyl (C=O) groups is 5. The number of rotatable bonds is 15. The molecule has 0 aromatic rings. The van der Waals surface area contributed by atoms with Crippen LogP contribution in [-0.2, 0) is 48.7 Å². The van der Waals surface area contributed by atoms with Crippen LogP contribution in [0.4, 0.5) is 0 Å². The molecule has 0 radical (unpaired) electrons. The van der Waals surface area contributed by atoms with Crippen molar-refractivity contribution in [1.82, 2.24) is 10.6 Å². The van der Waals surface area contributed by atoms with Crippen molar-refractivity contribution in [1.29, 1.82) is 0 Å². The zero-order valence-corrected chi connectivity index (χ0v) is 29.2. The zero-order chi connectivity index (χ0) is 37.1. The number of nitrogens with one attached hydrogen (secondary N) is 2. The van der Waals surface area contributed by atoms with Gasteiger partial charge in [-0.2, -0.15) is 0 Å². The summed E-state index contributed by atoms with van der Waals surface area (Å²) in [7, 11) is -5.49. The molecule has 5 unspecified atom stereocenters. The van der Waals surface area contributed by atoms with Gasteiger partial charge in [0.25, 0.3) is 0 Å². The highest BCUT2D eigenvalue weighted by atomic mass is 32.3. The maximum Gasteiger partial charge on any atom is 0.222 e. The van der Waals surface area contributed by atoms with E-state index in [0.717, 1.165) is 0 Å². The molecule has 0 aliphatic rings. The van der Waals surface area contributed by atoms with Crippen LogP contribution in [0.1, 0.15) is 93.9 Å². The predicted molar refractivity (Wildman–Crippen MR) is 155 cm³/mol. The zero-order valence-electron chi connectivity index (χ0n) is 27.6. The number of carbonyl (C=O) groups excluding carboxylic acids is 5. The van der Waals surface area contributed by atoms with E-state index in [0.29, 0.717) is 25.7 Å². The Kier molecular flexibility index (Phi) is 33.1. The first-order valence-corrected chi connectivity index (χ1v) is 16.7. The van der Waals surface area contributed by atoms with Gasteiger partial charge in [-0.25, -0.2) is 16.8 Å². The summed E-state index contributed by atoms with van der Waals surface area (Å²) in [5.41, 5.74) is 0. The normalized spacial score (nSPS) is 13.8. The highest BCUT2D eigenvalue weighted by Gasteiger charge is 2.10. The summed E-state index contributed by atoms with van der Waals surface area (Å²) in [5, 5.41) is 34.2. The van der Waals surface area contributed by atoms with Gasteiger partial charge in [0, 0.05) is 42.6 Å². The molecule has 0 bridgehead atoms. The maximum absolute atomic E-state index is 10.6. The van der Waals surface area contributed by atoms with E-state index in [9.17, 15) is 65.2 Å². The Balaban J connectivity index is -0.000000149. The molecular weight excluding hydrogens is 644 g/mol. The number of hydrogen-bond donors (Lipinski definition) is 2. The SMILES string of the molecule is CCC(C)C(=O)[O-].CCC(C)OS(=O)(=O)[O-].CCC(C)S(=O)(=O)[O-].CNC(=O)C(C)CC(=O)[O-].CNC(CCC(C)=O)C(=O)[O-]. The van der Waals surface area contributed by atoms with Crippen molar-refractivity contribution in [3.05, 3.63) is 0 Å². The monoisotopic (exact) mass is 693 g/mol. The summed E-state index contributed by atoms with van der Waals surface area (Å²) < 4.78 is 63.5.